The minimum Gasteiger partial charge on any atom is -0.462 e. The quantitative estimate of drug-likeness (QED) is 0.529. The van der Waals surface area contributed by atoms with E-state index >= 15 is 0 Å². The van der Waals surface area contributed by atoms with Crippen molar-refractivity contribution in [1.82, 2.24) is 15.3 Å². The molecule has 26 heavy (non-hydrogen) atoms. The molecule has 2 aromatic rings. The number of rotatable bonds is 9. The highest BCUT2D eigenvalue weighted by Crippen LogP contribution is 2.16. The van der Waals surface area contributed by atoms with Crippen LogP contribution in [-0.2, 0) is 4.74 Å². The second kappa shape index (κ2) is 10.1. The molecule has 0 bridgehead atoms. The van der Waals surface area contributed by atoms with E-state index < -0.39 is 0 Å². The molecule has 138 valence electrons. The molecule has 0 fully saturated rings. The third kappa shape index (κ3) is 5.84. The van der Waals surface area contributed by atoms with Crippen molar-refractivity contribution >= 4 is 23.4 Å². The number of carbonyl (C=O) groups is 2. The lowest BCUT2D eigenvalue weighted by Gasteiger charge is -2.08. The summed E-state index contributed by atoms with van der Waals surface area (Å²) in [6, 6.07) is 8.43. The Labute approximate surface area is 153 Å². The van der Waals surface area contributed by atoms with Gasteiger partial charge in [0, 0.05) is 18.3 Å². The van der Waals surface area contributed by atoms with E-state index in [1.54, 1.807) is 37.3 Å². The molecular formula is C19H24N4O3. The highest BCUT2D eigenvalue weighted by Gasteiger charge is 2.09. The Morgan fingerprint density at radius 3 is 2.54 bits per heavy atom. The van der Waals surface area contributed by atoms with Crippen LogP contribution in [0.5, 0.6) is 0 Å². The van der Waals surface area contributed by atoms with Crippen LogP contribution in [0.15, 0.2) is 36.7 Å². The summed E-state index contributed by atoms with van der Waals surface area (Å²) in [7, 11) is 0. The molecule has 0 atom stereocenters. The van der Waals surface area contributed by atoms with Crippen molar-refractivity contribution in [2.75, 3.05) is 18.5 Å². The van der Waals surface area contributed by atoms with Gasteiger partial charge in [0.15, 0.2) is 0 Å². The SMILES string of the molecule is CCCCCNC(=O)c1cc(Nc2ccc(C(=O)OCC)cc2)ncn1. The van der Waals surface area contributed by atoms with Gasteiger partial charge < -0.3 is 15.4 Å². The first kappa shape index (κ1) is 19.4. The van der Waals surface area contributed by atoms with Crippen LogP contribution in [0.25, 0.3) is 0 Å². The van der Waals surface area contributed by atoms with Crippen LogP contribution in [0.2, 0.25) is 0 Å². The number of amides is 1. The lowest BCUT2D eigenvalue weighted by atomic mass is 10.2. The zero-order chi connectivity index (χ0) is 18.8. The van der Waals surface area contributed by atoms with Crippen molar-refractivity contribution in [3.8, 4) is 0 Å². The molecule has 1 aromatic carbocycles. The smallest absolute Gasteiger partial charge is 0.338 e. The normalized spacial score (nSPS) is 10.2. The molecular weight excluding hydrogens is 332 g/mol. The number of nitrogens with zero attached hydrogens (tertiary/aromatic N) is 2. The van der Waals surface area contributed by atoms with Gasteiger partial charge in [-0.25, -0.2) is 14.8 Å². The molecule has 7 nitrogen and oxygen atoms in total. The molecule has 0 aliphatic heterocycles. The van der Waals surface area contributed by atoms with E-state index in [1.165, 1.54) is 6.33 Å². The summed E-state index contributed by atoms with van der Waals surface area (Å²) < 4.78 is 4.95. The monoisotopic (exact) mass is 356 g/mol. The number of hydrogen-bond donors (Lipinski definition) is 2. The first-order chi connectivity index (χ1) is 12.6. The van der Waals surface area contributed by atoms with E-state index in [2.05, 4.69) is 27.5 Å². The number of anilines is 2. The van der Waals surface area contributed by atoms with Gasteiger partial charge in [0.05, 0.1) is 12.2 Å². The van der Waals surface area contributed by atoms with Crippen LogP contribution in [0, 0.1) is 0 Å². The van der Waals surface area contributed by atoms with E-state index in [9.17, 15) is 9.59 Å². The molecule has 0 aliphatic carbocycles. The van der Waals surface area contributed by atoms with Crippen molar-refractivity contribution in [3.63, 3.8) is 0 Å². The number of benzene rings is 1. The summed E-state index contributed by atoms with van der Waals surface area (Å²) in [6.07, 6.45) is 4.48. The zero-order valence-corrected chi connectivity index (χ0v) is 15.1. The first-order valence-corrected chi connectivity index (χ1v) is 8.78. The Morgan fingerprint density at radius 1 is 1.08 bits per heavy atom. The third-order valence-electron chi connectivity index (χ3n) is 3.63. The van der Waals surface area contributed by atoms with Gasteiger partial charge >= 0.3 is 5.97 Å². The zero-order valence-electron chi connectivity index (χ0n) is 15.1. The molecule has 1 heterocycles. The Bertz CT molecular complexity index is 732. The van der Waals surface area contributed by atoms with Gasteiger partial charge in [-0.3, -0.25) is 4.79 Å². The fourth-order valence-corrected chi connectivity index (χ4v) is 2.27. The molecule has 0 aliphatic rings. The van der Waals surface area contributed by atoms with E-state index in [0.717, 1.165) is 24.9 Å². The van der Waals surface area contributed by atoms with Crippen molar-refractivity contribution in [1.29, 1.82) is 0 Å². The van der Waals surface area contributed by atoms with Crippen molar-refractivity contribution < 1.29 is 14.3 Å². The Kier molecular flexibility index (Phi) is 7.54. The molecule has 2 rings (SSSR count). The summed E-state index contributed by atoms with van der Waals surface area (Å²) in [5.41, 5.74) is 1.53. The lowest BCUT2D eigenvalue weighted by molar-refractivity contribution is 0.0526. The second-order valence-electron chi connectivity index (χ2n) is 5.67. The molecule has 1 aromatic heterocycles. The maximum absolute atomic E-state index is 12.1. The number of esters is 1. The first-order valence-electron chi connectivity index (χ1n) is 8.78. The topological polar surface area (TPSA) is 93.2 Å². The maximum Gasteiger partial charge on any atom is 0.338 e. The molecule has 7 heteroatoms. The van der Waals surface area contributed by atoms with E-state index in [0.29, 0.717) is 30.2 Å². The van der Waals surface area contributed by atoms with Gasteiger partial charge in [-0.2, -0.15) is 0 Å². The van der Waals surface area contributed by atoms with E-state index in [1.807, 2.05) is 0 Å². The summed E-state index contributed by atoms with van der Waals surface area (Å²) in [5.74, 6) is -0.0741. The minimum absolute atomic E-state index is 0.218. The van der Waals surface area contributed by atoms with Crippen molar-refractivity contribution in [2.45, 2.75) is 33.1 Å². The fraction of sp³-hybridized carbons (Fsp3) is 0.368. The Morgan fingerprint density at radius 2 is 1.85 bits per heavy atom. The predicted molar refractivity (Wildman–Crippen MR) is 99.6 cm³/mol. The van der Waals surface area contributed by atoms with Gasteiger partial charge in [0.2, 0.25) is 0 Å². The van der Waals surface area contributed by atoms with Crippen LogP contribution in [0.4, 0.5) is 11.5 Å². The number of unbranched alkanes of at least 4 members (excludes halogenated alkanes) is 2. The lowest BCUT2D eigenvalue weighted by Crippen LogP contribution is -2.25. The molecule has 1 amide bonds. The summed E-state index contributed by atoms with van der Waals surface area (Å²) in [6.45, 7) is 4.85. The van der Waals surface area contributed by atoms with E-state index in [4.69, 9.17) is 4.74 Å². The molecule has 0 spiro atoms. The average molecular weight is 356 g/mol. The van der Waals surface area contributed by atoms with E-state index in [-0.39, 0.29) is 11.9 Å². The fourth-order valence-electron chi connectivity index (χ4n) is 2.27. The van der Waals surface area contributed by atoms with Crippen LogP contribution in [0.1, 0.15) is 54.0 Å². The van der Waals surface area contributed by atoms with Crippen LogP contribution >= 0.6 is 0 Å². The average Bonchev–Trinajstić information content (AvgIpc) is 2.66. The van der Waals surface area contributed by atoms with Crippen molar-refractivity contribution in [2.24, 2.45) is 0 Å². The van der Waals surface area contributed by atoms with Crippen LogP contribution in [-0.4, -0.2) is 35.0 Å². The van der Waals surface area contributed by atoms with Gasteiger partial charge in [0.25, 0.3) is 5.91 Å². The molecule has 0 saturated carbocycles. The van der Waals surface area contributed by atoms with Gasteiger partial charge in [-0.1, -0.05) is 19.8 Å². The minimum atomic E-state index is -0.358. The largest absolute Gasteiger partial charge is 0.462 e. The Hall–Kier alpha value is -2.96. The summed E-state index contributed by atoms with van der Waals surface area (Å²) >= 11 is 0. The van der Waals surface area contributed by atoms with Gasteiger partial charge in [-0.05, 0) is 37.6 Å². The number of ether oxygens (including phenoxy) is 1. The maximum atomic E-state index is 12.1. The standard InChI is InChI=1S/C19H24N4O3/c1-3-5-6-11-20-18(24)16-12-17(22-13-21-16)23-15-9-7-14(8-10-15)19(25)26-4-2/h7-10,12-13H,3-6,11H2,1-2H3,(H,20,24)(H,21,22,23). The Balaban J connectivity index is 1.97. The number of nitrogens with one attached hydrogen (secondary N) is 2. The van der Waals surface area contributed by atoms with Crippen LogP contribution in [0.3, 0.4) is 0 Å². The van der Waals surface area contributed by atoms with Gasteiger partial charge in [0.1, 0.15) is 17.8 Å². The summed E-state index contributed by atoms with van der Waals surface area (Å²) in [5, 5.41) is 5.94. The van der Waals surface area contributed by atoms with Crippen LogP contribution < -0.4 is 10.6 Å². The highest BCUT2D eigenvalue weighted by molar-refractivity contribution is 5.93. The molecule has 0 unspecified atom stereocenters. The molecule has 2 N–H and O–H groups in total. The third-order valence-corrected chi connectivity index (χ3v) is 3.63. The molecule has 0 radical (unpaired) electrons. The number of hydrogen-bond acceptors (Lipinski definition) is 6. The highest BCUT2D eigenvalue weighted by atomic mass is 16.5. The molecule has 0 saturated heterocycles. The number of carbonyl (C=O) groups excluding carboxylic acids is 2. The van der Waals surface area contributed by atoms with Gasteiger partial charge in [-0.15, -0.1) is 0 Å². The second-order valence-corrected chi connectivity index (χ2v) is 5.67. The summed E-state index contributed by atoms with van der Waals surface area (Å²) in [4.78, 5) is 31.9. The predicted octanol–water partition coefficient (Wildman–Crippen LogP) is 3.32. The number of aromatic nitrogens is 2. The van der Waals surface area contributed by atoms with Crippen molar-refractivity contribution in [3.05, 3.63) is 47.9 Å².